The summed E-state index contributed by atoms with van der Waals surface area (Å²) in [5, 5.41) is 0. The Balaban J connectivity index is 2.05. The molecule has 156 valence electrons. The number of esters is 1. The van der Waals surface area contributed by atoms with Gasteiger partial charge in [0.15, 0.2) is 5.78 Å². The van der Waals surface area contributed by atoms with E-state index in [2.05, 4.69) is 4.72 Å². The summed E-state index contributed by atoms with van der Waals surface area (Å²) in [7, 11) is -0.988. The van der Waals surface area contributed by atoms with Crippen LogP contribution < -0.4 is 14.2 Å². The van der Waals surface area contributed by atoms with Crippen molar-refractivity contribution in [2.75, 3.05) is 14.2 Å². The molecule has 0 spiro atoms. The number of rotatable bonds is 9. The van der Waals surface area contributed by atoms with Crippen molar-refractivity contribution in [1.82, 2.24) is 4.72 Å². The van der Waals surface area contributed by atoms with E-state index in [0.29, 0.717) is 22.6 Å². The van der Waals surface area contributed by atoms with Crippen molar-refractivity contribution >= 4 is 21.8 Å². The number of nitrogens with one attached hydrogen (secondary N) is 1. The van der Waals surface area contributed by atoms with Crippen molar-refractivity contribution < 1.29 is 32.2 Å². The first kappa shape index (κ1) is 22.4. The fourth-order valence-electron chi connectivity index (χ4n) is 2.49. The third-order valence-electron chi connectivity index (χ3n) is 4.11. The van der Waals surface area contributed by atoms with E-state index in [1.165, 1.54) is 52.3 Å². The molecule has 2 rings (SSSR count). The number of hydrogen-bond donors (Lipinski definition) is 1. The van der Waals surface area contributed by atoms with Crippen LogP contribution in [0.5, 0.6) is 11.5 Å². The van der Waals surface area contributed by atoms with Gasteiger partial charge in [-0.2, -0.15) is 4.72 Å². The van der Waals surface area contributed by atoms with Crippen LogP contribution >= 0.6 is 0 Å². The Hall–Kier alpha value is -2.91. The minimum absolute atomic E-state index is 0.00576. The van der Waals surface area contributed by atoms with Gasteiger partial charge < -0.3 is 14.2 Å². The number of hydrogen-bond acceptors (Lipinski definition) is 7. The third-order valence-corrected chi connectivity index (χ3v) is 5.67. The van der Waals surface area contributed by atoms with Gasteiger partial charge in [0, 0.05) is 11.1 Å². The van der Waals surface area contributed by atoms with Crippen LogP contribution in [0.4, 0.5) is 0 Å². The fourth-order valence-corrected chi connectivity index (χ4v) is 3.68. The topological polar surface area (TPSA) is 108 Å². The van der Waals surface area contributed by atoms with E-state index in [-0.39, 0.29) is 17.3 Å². The predicted octanol–water partition coefficient (Wildman–Crippen LogP) is 2.32. The number of Topliss-reactive ketones (excluding diaryl/α,β-unsaturated/α-hetero) is 1. The lowest BCUT2D eigenvalue weighted by Gasteiger charge is -2.15. The molecule has 0 saturated carbocycles. The number of benzene rings is 2. The van der Waals surface area contributed by atoms with E-state index in [4.69, 9.17) is 14.2 Å². The minimum Gasteiger partial charge on any atom is -0.497 e. The standard InChI is InChI=1S/C20H23NO7S/c1-13(21-29(24,25)18-8-6-17(26-3)7-9-18)20(23)28-12-16-11-15(14(2)22)5-10-19(16)27-4/h5-11,13,21H,12H2,1-4H3/t13-/m0/s1. The maximum atomic E-state index is 12.4. The summed E-state index contributed by atoms with van der Waals surface area (Å²) in [6, 6.07) is 9.42. The second kappa shape index (κ2) is 9.53. The van der Waals surface area contributed by atoms with Crippen LogP contribution in [0.25, 0.3) is 0 Å². The molecule has 0 amide bonds. The fraction of sp³-hybridized carbons (Fsp3) is 0.300. The summed E-state index contributed by atoms with van der Waals surface area (Å²) >= 11 is 0. The molecule has 2 aromatic carbocycles. The zero-order valence-corrected chi connectivity index (χ0v) is 17.4. The first-order valence-electron chi connectivity index (χ1n) is 8.69. The normalized spacial score (nSPS) is 12.1. The summed E-state index contributed by atoms with van der Waals surface area (Å²) in [4.78, 5) is 23.8. The Bertz CT molecular complexity index is 984. The first-order chi connectivity index (χ1) is 13.7. The Kier molecular flexibility index (Phi) is 7.35. The van der Waals surface area contributed by atoms with Gasteiger partial charge in [0.2, 0.25) is 10.0 Å². The largest absolute Gasteiger partial charge is 0.497 e. The smallest absolute Gasteiger partial charge is 0.324 e. The molecule has 0 bridgehead atoms. The van der Waals surface area contributed by atoms with E-state index in [9.17, 15) is 18.0 Å². The average Bonchev–Trinajstić information content (AvgIpc) is 2.71. The molecule has 0 aliphatic heterocycles. The van der Waals surface area contributed by atoms with Gasteiger partial charge in [-0.05, 0) is 56.3 Å². The van der Waals surface area contributed by atoms with Gasteiger partial charge in [0.05, 0.1) is 19.1 Å². The molecule has 9 heteroatoms. The number of methoxy groups -OCH3 is 2. The lowest BCUT2D eigenvalue weighted by atomic mass is 10.1. The molecule has 0 fully saturated rings. The van der Waals surface area contributed by atoms with E-state index < -0.39 is 22.0 Å². The second-order valence-corrected chi connectivity index (χ2v) is 7.92. The molecule has 0 aromatic heterocycles. The lowest BCUT2D eigenvalue weighted by molar-refractivity contribution is -0.146. The highest BCUT2D eigenvalue weighted by atomic mass is 32.2. The number of ketones is 1. The summed E-state index contributed by atoms with van der Waals surface area (Å²) in [5.74, 6) is 0.0608. The molecule has 0 aliphatic carbocycles. The van der Waals surface area contributed by atoms with Crippen molar-refractivity contribution in [2.45, 2.75) is 31.4 Å². The summed E-state index contributed by atoms with van der Waals surface area (Å²) in [6.45, 7) is 2.64. The maximum absolute atomic E-state index is 12.4. The summed E-state index contributed by atoms with van der Waals surface area (Å²) < 4.78 is 42.5. The van der Waals surface area contributed by atoms with Crippen LogP contribution in [0.2, 0.25) is 0 Å². The third kappa shape index (κ3) is 5.78. The molecule has 8 nitrogen and oxygen atoms in total. The molecular formula is C20H23NO7S. The van der Waals surface area contributed by atoms with Crippen molar-refractivity contribution in [3.05, 3.63) is 53.6 Å². The van der Waals surface area contributed by atoms with Crippen LogP contribution in [-0.4, -0.2) is 40.4 Å². The van der Waals surface area contributed by atoms with Crippen molar-refractivity contribution in [2.24, 2.45) is 0 Å². The second-order valence-electron chi connectivity index (χ2n) is 6.21. The predicted molar refractivity (Wildman–Crippen MR) is 106 cm³/mol. The monoisotopic (exact) mass is 421 g/mol. The van der Waals surface area contributed by atoms with Crippen LogP contribution in [-0.2, 0) is 26.2 Å². The SMILES string of the molecule is COc1ccc(S(=O)(=O)N[C@@H](C)C(=O)OCc2cc(C(C)=O)ccc2OC)cc1. The molecule has 2 aromatic rings. The Labute approximate surface area is 169 Å². The van der Waals surface area contributed by atoms with Crippen LogP contribution in [0.15, 0.2) is 47.4 Å². The first-order valence-corrected chi connectivity index (χ1v) is 10.2. The van der Waals surface area contributed by atoms with Gasteiger partial charge in [-0.25, -0.2) is 8.42 Å². The molecule has 0 saturated heterocycles. The minimum atomic E-state index is -3.92. The molecule has 1 N–H and O–H groups in total. The zero-order valence-electron chi connectivity index (χ0n) is 16.6. The molecule has 0 unspecified atom stereocenters. The van der Waals surface area contributed by atoms with Crippen molar-refractivity contribution in [3.63, 3.8) is 0 Å². The molecular weight excluding hydrogens is 398 g/mol. The van der Waals surface area contributed by atoms with Gasteiger partial charge in [0.1, 0.15) is 24.1 Å². The molecule has 29 heavy (non-hydrogen) atoms. The van der Waals surface area contributed by atoms with Gasteiger partial charge in [-0.15, -0.1) is 0 Å². The number of carbonyl (C=O) groups excluding carboxylic acids is 2. The van der Waals surface area contributed by atoms with Gasteiger partial charge >= 0.3 is 5.97 Å². The Morgan fingerprint density at radius 2 is 1.69 bits per heavy atom. The van der Waals surface area contributed by atoms with Crippen molar-refractivity contribution in [3.8, 4) is 11.5 Å². The molecule has 1 atom stereocenters. The Morgan fingerprint density at radius 1 is 1.03 bits per heavy atom. The average molecular weight is 421 g/mol. The van der Waals surface area contributed by atoms with Gasteiger partial charge in [0.25, 0.3) is 0 Å². The van der Waals surface area contributed by atoms with E-state index >= 15 is 0 Å². The number of carbonyl (C=O) groups is 2. The quantitative estimate of drug-likeness (QED) is 0.489. The van der Waals surface area contributed by atoms with Crippen LogP contribution in [0, 0.1) is 0 Å². The Morgan fingerprint density at radius 3 is 2.24 bits per heavy atom. The van der Waals surface area contributed by atoms with Gasteiger partial charge in [-0.1, -0.05) is 0 Å². The zero-order chi connectivity index (χ0) is 21.6. The van der Waals surface area contributed by atoms with Crippen molar-refractivity contribution in [1.29, 1.82) is 0 Å². The highest BCUT2D eigenvalue weighted by Crippen LogP contribution is 2.21. The van der Waals surface area contributed by atoms with Gasteiger partial charge in [-0.3, -0.25) is 9.59 Å². The lowest BCUT2D eigenvalue weighted by Crippen LogP contribution is -2.39. The highest BCUT2D eigenvalue weighted by molar-refractivity contribution is 7.89. The van der Waals surface area contributed by atoms with Crippen LogP contribution in [0.3, 0.4) is 0 Å². The number of sulfonamides is 1. The molecule has 0 aliphatic rings. The number of ether oxygens (including phenoxy) is 3. The summed E-state index contributed by atoms with van der Waals surface area (Å²) in [5.41, 5.74) is 0.948. The van der Waals surface area contributed by atoms with E-state index in [1.807, 2.05) is 0 Å². The summed E-state index contributed by atoms with van der Waals surface area (Å²) in [6.07, 6.45) is 0. The van der Waals surface area contributed by atoms with E-state index in [0.717, 1.165) is 0 Å². The van der Waals surface area contributed by atoms with Crippen LogP contribution in [0.1, 0.15) is 29.8 Å². The maximum Gasteiger partial charge on any atom is 0.324 e. The molecule has 0 heterocycles. The molecule has 0 radical (unpaired) electrons. The van der Waals surface area contributed by atoms with E-state index in [1.54, 1.807) is 18.2 Å². The highest BCUT2D eigenvalue weighted by Gasteiger charge is 2.23.